The molecule has 1 aromatic heterocycles. The zero-order valence-corrected chi connectivity index (χ0v) is 12.6. The maximum atomic E-state index is 12.6. The van der Waals surface area contributed by atoms with Crippen LogP contribution in [-0.2, 0) is 16.0 Å². The lowest BCUT2D eigenvalue weighted by molar-refractivity contribution is -0.137. The van der Waals surface area contributed by atoms with Gasteiger partial charge in [0.1, 0.15) is 11.0 Å². The molecule has 0 fully saturated rings. The molecule has 0 spiro atoms. The Morgan fingerprint density at radius 3 is 2.30 bits per heavy atom. The predicted molar refractivity (Wildman–Crippen MR) is 71.7 cm³/mol. The van der Waals surface area contributed by atoms with Crippen LogP contribution < -0.4 is 5.32 Å². The number of pyridine rings is 1. The van der Waals surface area contributed by atoms with Crippen LogP contribution in [0.25, 0.3) is 0 Å². The molecule has 0 radical (unpaired) electrons. The van der Waals surface area contributed by atoms with E-state index in [0.29, 0.717) is 6.07 Å². The lowest BCUT2D eigenvalue weighted by atomic mass is 10.2. The van der Waals surface area contributed by atoms with Gasteiger partial charge in [0.05, 0.1) is 10.3 Å². The number of nitrogens with one attached hydrogen (secondary N) is 1. The number of anilines is 1. The molecule has 0 amide bonds. The summed E-state index contributed by atoms with van der Waals surface area (Å²) in [7, 11) is -3.37. The second-order valence-corrected chi connectivity index (χ2v) is 7.98. The zero-order chi connectivity index (χ0) is 15.8. The zero-order valence-electron chi connectivity index (χ0n) is 11.0. The number of rotatable bonds is 4. The van der Waals surface area contributed by atoms with Gasteiger partial charge in [0, 0.05) is 12.8 Å². The molecule has 0 saturated carbocycles. The molecule has 4 nitrogen and oxygen atoms in total. The Kier molecular flexibility index (Phi) is 4.60. The lowest BCUT2D eigenvalue weighted by Gasteiger charge is -2.23. The van der Waals surface area contributed by atoms with Crippen LogP contribution >= 0.6 is 11.6 Å². The average molecular weight is 331 g/mol. The van der Waals surface area contributed by atoms with Crippen LogP contribution in [0.3, 0.4) is 0 Å². The second kappa shape index (κ2) is 5.40. The molecule has 0 atom stereocenters. The van der Waals surface area contributed by atoms with Gasteiger partial charge in [0.25, 0.3) is 0 Å². The van der Waals surface area contributed by atoms with E-state index in [1.807, 2.05) is 0 Å². The van der Waals surface area contributed by atoms with Crippen LogP contribution in [0.15, 0.2) is 12.1 Å². The predicted octanol–water partition coefficient (Wildman–Crippen LogP) is 2.99. The largest absolute Gasteiger partial charge is 0.416 e. The summed E-state index contributed by atoms with van der Waals surface area (Å²) in [5.74, 6) is -0.124. The first-order valence-corrected chi connectivity index (χ1v) is 7.78. The van der Waals surface area contributed by atoms with Crippen molar-refractivity contribution in [2.24, 2.45) is 0 Å². The highest BCUT2D eigenvalue weighted by molar-refractivity contribution is 7.92. The molecule has 0 bridgehead atoms. The van der Waals surface area contributed by atoms with E-state index in [1.165, 1.54) is 13.8 Å². The Bertz CT molecular complexity index is 600. The Morgan fingerprint density at radius 1 is 1.30 bits per heavy atom. The molecular weight excluding hydrogens is 317 g/mol. The molecular formula is C11H14ClF3N2O2S. The van der Waals surface area contributed by atoms with Crippen LogP contribution in [0.4, 0.5) is 19.0 Å². The van der Waals surface area contributed by atoms with Crippen molar-refractivity contribution in [3.63, 3.8) is 0 Å². The molecule has 1 rings (SSSR count). The molecule has 0 saturated heterocycles. The second-order valence-electron chi connectivity index (χ2n) is 4.95. The Morgan fingerprint density at radius 2 is 1.85 bits per heavy atom. The van der Waals surface area contributed by atoms with Gasteiger partial charge in [-0.25, -0.2) is 13.4 Å². The minimum Gasteiger partial charge on any atom is -0.368 e. The normalized spacial score (nSPS) is 13.3. The third-order valence-corrected chi connectivity index (χ3v) is 5.17. The fourth-order valence-electron chi connectivity index (χ4n) is 1.19. The quantitative estimate of drug-likeness (QED) is 0.862. The fraction of sp³-hybridized carbons (Fsp3) is 0.545. The van der Waals surface area contributed by atoms with Crippen molar-refractivity contribution >= 4 is 27.3 Å². The van der Waals surface area contributed by atoms with Gasteiger partial charge in [-0.05, 0) is 26.0 Å². The molecule has 0 aliphatic heterocycles. The summed E-state index contributed by atoms with van der Waals surface area (Å²) in [5.41, 5.74) is -0.947. The van der Waals surface area contributed by atoms with Crippen LogP contribution in [0.2, 0.25) is 5.15 Å². The van der Waals surface area contributed by atoms with Gasteiger partial charge in [0.15, 0.2) is 9.84 Å². The molecule has 0 aromatic carbocycles. The number of halogens is 4. The van der Waals surface area contributed by atoms with Crippen LogP contribution in [0, 0.1) is 0 Å². The Labute approximate surface area is 120 Å². The van der Waals surface area contributed by atoms with Crippen LogP contribution in [0.1, 0.15) is 19.4 Å². The van der Waals surface area contributed by atoms with Crippen molar-refractivity contribution in [3.8, 4) is 0 Å². The minimum absolute atomic E-state index is 0.0868. The smallest absolute Gasteiger partial charge is 0.368 e. The van der Waals surface area contributed by atoms with Crippen molar-refractivity contribution < 1.29 is 21.6 Å². The number of hydrogen-bond acceptors (Lipinski definition) is 4. The van der Waals surface area contributed by atoms with Crippen molar-refractivity contribution in [1.82, 2.24) is 4.98 Å². The molecule has 0 aliphatic carbocycles. The van der Waals surface area contributed by atoms with Crippen molar-refractivity contribution in [1.29, 1.82) is 0 Å². The highest BCUT2D eigenvalue weighted by Crippen LogP contribution is 2.32. The number of nitrogens with zero attached hydrogens (tertiary/aromatic N) is 1. The highest BCUT2D eigenvalue weighted by atomic mass is 35.5. The van der Waals surface area contributed by atoms with Crippen molar-refractivity contribution in [2.45, 2.75) is 24.8 Å². The summed E-state index contributed by atoms with van der Waals surface area (Å²) in [6, 6.07) is 1.48. The third kappa shape index (κ3) is 4.24. The SMILES string of the molecule is CC(C)(CNc1cc(C(F)(F)F)cc(Cl)n1)S(C)(=O)=O. The van der Waals surface area contributed by atoms with Gasteiger partial charge in [-0.2, -0.15) is 13.2 Å². The number of sulfone groups is 1. The van der Waals surface area contributed by atoms with Crippen LogP contribution in [0.5, 0.6) is 0 Å². The maximum Gasteiger partial charge on any atom is 0.416 e. The Balaban J connectivity index is 2.98. The monoisotopic (exact) mass is 330 g/mol. The molecule has 9 heteroatoms. The molecule has 1 heterocycles. The van der Waals surface area contributed by atoms with Crippen molar-refractivity contribution in [3.05, 3.63) is 22.8 Å². The van der Waals surface area contributed by atoms with Crippen molar-refractivity contribution in [2.75, 3.05) is 18.1 Å². The van der Waals surface area contributed by atoms with Crippen LogP contribution in [-0.4, -0.2) is 30.9 Å². The highest BCUT2D eigenvalue weighted by Gasteiger charge is 2.33. The lowest BCUT2D eigenvalue weighted by Crippen LogP contribution is -2.38. The molecule has 1 aromatic rings. The minimum atomic E-state index is -4.55. The first-order valence-electron chi connectivity index (χ1n) is 5.51. The van der Waals surface area contributed by atoms with E-state index in [4.69, 9.17) is 11.6 Å². The topological polar surface area (TPSA) is 59.1 Å². The van der Waals surface area contributed by atoms with Gasteiger partial charge in [-0.3, -0.25) is 0 Å². The Hall–Kier alpha value is -1.02. The summed E-state index contributed by atoms with van der Waals surface area (Å²) >= 11 is 5.53. The summed E-state index contributed by atoms with van der Waals surface area (Å²) in [6.45, 7) is 2.84. The van der Waals surface area contributed by atoms with Gasteiger partial charge in [-0.15, -0.1) is 0 Å². The summed E-state index contributed by atoms with van der Waals surface area (Å²) in [4.78, 5) is 3.69. The van der Waals surface area contributed by atoms with E-state index in [0.717, 1.165) is 12.3 Å². The molecule has 114 valence electrons. The van der Waals surface area contributed by atoms with E-state index in [2.05, 4.69) is 10.3 Å². The first-order chi connectivity index (χ1) is 8.83. The summed E-state index contributed by atoms with van der Waals surface area (Å²) in [6.07, 6.45) is -3.49. The van der Waals surface area contributed by atoms with Gasteiger partial charge < -0.3 is 5.32 Å². The van der Waals surface area contributed by atoms with E-state index in [9.17, 15) is 21.6 Å². The number of alkyl halides is 3. The van der Waals surface area contributed by atoms with Gasteiger partial charge in [0.2, 0.25) is 0 Å². The number of aromatic nitrogens is 1. The average Bonchev–Trinajstić information content (AvgIpc) is 2.23. The van der Waals surface area contributed by atoms with Gasteiger partial charge in [-0.1, -0.05) is 11.6 Å². The summed E-state index contributed by atoms with van der Waals surface area (Å²) < 4.78 is 59.7. The number of hydrogen-bond donors (Lipinski definition) is 1. The first kappa shape index (κ1) is 17.0. The molecule has 0 unspecified atom stereocenters. The molecule has 20 heavy (non-hydrogen) atoms. The fourth-order valence-corrected chi connectivity index (χ4v) is 1.73. The third-order valence-electron chi connectivity index (χ3n) is 2.82. The maximum absolute atomic E-state index is 12.6. The van der Waals surface area contributed by atoms with E-state index in [1.54, 1.807) is 0 Å². The van der Waals surface area contributed by atoms with E-state index < -0.39 is 26.3 Å². The van der Waals surface area contributed by atoms with E-state index in [-0.39, 0.29) is 17.5 Å². The molecule has 1 N–H and O–H groups in total. The van der Waals surface area contributed by atoms with E-state index >= 15 is 0 Å². The summed E-state index contributed by atoms with van der Waals surface area (Å²) in [5, 5.41) is 2.25. The van der Waals surface area contributed by atoms with Gasteiger partial charge >= 0.3 is 6.18 Å². The molecule has 0 aliphatic rings. The standard InChI is InChI=1S/C11H14ClF3N2O2S/c1-10(2,20(3,18)19)6-16-9-5-7(11(13,14)15)4-8(12)17-9/h4-5H,6H2,1-3H3,(H,16,17).